The summed E-state index contributed by atoms with van der Waals surface area (Å²) >= 11 is 6.17. The third-order valence-corrected chi connectivity index (χ3v) is 5.75. The van der Waals surface area contributed by atoms with Crippen molar-refractivity contribution in [1.29, 1.82) is 5.26 Å². The number of furan rings is 1. The lowest BCUT2D eigenvalue weighted by molar-refractivity contribution is 0.0571. The van der Waals surface area contributed by atoms with Crippen molar-refractivity contribution < 1.29 is 9.21 Å². The van der Waals surface area contributed by atoms with Crippen LogP contribution >= 0.6 is 11.6 Å². The summed E-state index contributed by atoms with van der Waals surface area (Å²) in [6.45, 7) is 6.55. The van der Waals surface area contributed by atoms with Crippen LogP contribution in [-0.2, 0) is 0 Å². The smallest absolute Gasteiger partial charge is 0.274 e. The summed E-state index contributed by atoms with van der Waals surface area (Å²) < 4.78 is 7.25. The van der Waals surface area contributed by atoms with Gasteiger partial charge < -0.3 is 9.32 Å². The Kier molecular flexibility index (Phi) is 6.12. The number of nitrogens with zero attached hydrogens (tertiary/aromatic N) is 5. The van der Waals surface area contributed by atoms with E-state index in [0.717, 1.165) is 5.69 Å². The summed E-state index contributed by atoms with van der Waals surface area (Å²) in [5, 5.41) is 14.6. The lowest BCUT2D eigenvalue weighted by atomic mass is 10.0. The van der Waals surface area contributed by atoms with Crippen LogP contribution in [0.5, 0.6) is 0 Å². The summed E-state index contributed by atoms with van der Waals surface area (Å²) in [5.74, 6) is 0.730. The van der Waals surface area contributed by atoms with Crippen LogP contribution in [0, 0.1) is 17.2 Å². The summed E-state index contributed by atoms with van der Waals surface area (Å²) in [5.41, 5.74) is 1.77. The molecule has 1 aliphatic rings. The molecule has 31 heavy (non-hydrogen) atoms. The molecule has 0 radical (unpaired) electrons. The Morgan fingerprint density at radius 3 is 2.55 bits per heavy atom. The van der Waals surface area contributed by atoms with Crippen LogP contribution in [0.3, 0.4) is 0 Å². The highest BCUT2D eigenvalue weighted by molar-refractivity contribution is 6.30. The van der Waals surface area contributed by atoms with E-state index in [1.54, 1.807) is 40.1 Å². The maximum absolute atomic E-state index is 13.2. The minimum absolute atomic E-state index is 0.133. The van der Waals surface area contributed by atoms with Gasteiger partial charge in [-0.2, -0.15) is 10.4 Å². The number of benzene rings is 1. The van der Waals surface area contributed by atoms with Gasteiger partial charge in [0.25, 0.3) is 5.91 Å². The second-order valence-electron chi connectivity index (χ2n) is 7.93. The average Bonchev–Trinajstić information content (AvgIpc) is 3.44. The molecule has 2 aromatic heterocycles. The molecule has 0 saturated carbocycles. The fraction of sp³-hybridized carbons (Fsp3) is 0.348. The molecule has 160 valence electrons. The van der Waals surface area contributed by atoms with Crippen molar-refractivity contribution in [3.63, 3.8) is 0 Å². The summed E-state index contributed by atoms with van der Waals surface area (Å²) in [6.07, 6.45) is 1.59. The van der Waals surface area contributed by atoms with Crippen molar-refractivity contribution in [1.82, 2.24) is 19.6 Å². The van der Waals surface area contributed by atoms with Gasteiger partial charge in [-0.25, -0.2) is 4.68 Å². The Balaban J connectivity index is 1.58. The second kappa shape index (κ2) is 8.96. The second-order valence-corrected chi connectivity index (χ2v) is 8.37. The molecule has 3 aromatic rings. The molecule has 0 aliphatic carbocycles. The molecule has 4 rings (SSSR count). The SMILES string of the molecule is CC(C)C(C#N)N1CCN(C(=O)c2cc(-c3ccco3)n(-c3cccc(Cl)c3)n2)CC1. The number of hydrogen-bond acceptors (Lipinski definition) is 5. The largest absolute Gasteiger partial charge is 0.463 e. The number of halogens is 1. The Labute approximate surface area is 186 Å². The first-order valence-electron chi connectivity index (χ1n) is 10.3. The molecule has 1 saturated heterocycles. The van der Waals surface area contributed by atoms with E-state index in [1.807, 2.05) is 32.0 Å². The fourth-order valence-corrected chi connectivity index (χ4v) is 4.09. The van der Waals surface area contributed by atoms with Crippen molar-refractivity contribution in [3.8, 4) is 23.2 Å². The standard InChI is InChI=1S/C23H24ClN5O2/c1-16(2)21(15-25)27-8-10-28(11-9-27)23(30)19-14-20(22-7-4-12-31-22)29(26-19)18-6-3-5-17(24)13-18/h3-7,12-14,16,21H,8-11H2,1-2H3. The average molecular weight is 438 g/mol. The maximum atomic E-state index is 13.2. The Bertz CT molecular complexity index is 1090. The van der Waals surface area contributed by atoms with Crippen molar-refractivity contribution in [3.05, 3.63) is 59.4 Å². The molecular weight excluding hydrogens is 414 g/mol. The van der Waals surface area contributed by atoms with E-state index in [1.165, 1.54) is 0 Å². The van der Waals surface area contributed by atoms with Crippen LogP contribution in [0.25, 0.3) is 17.1 Å². The molecule has 8 heteroatoms. The lowest BCUT2D eigenvalue weighted by Crippen LogP contribution is -2.52. The molecule has 7 nitrogen and oxygen atoms in total. The van der Waals surface area contributed by atoms with E-state index in [0.29, 0.717) is 48.3 Å². The third kappa shape index (κ3) is 4.36. The van der Waals surface area contributed by atoms with Gasteiger partial charge in [0.2, 0.25) is 0 Å². The van der Waals surface area contributed by atoms with E-state index >= 15 is 0 Å². The van der Waals surface area contributed by atoms with Gasteiger partial charge in [-0.05, 0) is 36.2 Å². The van der Waals surface area contributed by atoms with E-state index in [2.05, 4.69) is 16.1 Å². The van der Waals surface area contributed by atoms with Crippen molar-refractivity contribution in [2.75, 3.05) is 26.2 Å². The van der Waals surface area contributed by atoms with Gasteiger partial charge >= 0.3 is 0 Å². The molecule has 1 fully saturated rings. The van der Waals surface area contributed by atoms with Gasteiger partial charge in [-0.1, -0.05) is 31.5 Å². The fourth-order valence-electron chi connectivity index (χ4n) is 3.91. The number of carbonyl (C=O) groups is 1. The summed E-state index contributed by atoms with van der Waals surface area (Å²) in [6, 6.07) is 14.9. The van der Waals surface area contributed by atoms with E-state index < -0.39 is 0 Å². The summed E-state index contributed by atoms with van der Waals surface area (Å²) in [7, 11) is 0. The normalized spacial score (nSPS) is 15.8. The van der Waals surface area contributed by atoms with Crippen molar-refractivity contribution >= 4 is 17.5 Å². The maximum Gasteiger partial charge on any atom is 0.274 e. The van der Waals surface area contributed by atoms with Gasteiger partial charge in [0, 0.05) is 37.3 Å². The minimum atomic E-state index is -0.134. The van der Waals surface area contributed by atoms with Crippen molar-refractivity contribution in [2.45, 2.75) is 19.9 Å². The molecule has 1 amide bonds. The molecular formula is C23H24ClN5O2. The zero-order valence-electron chi connectivity index (χ0n) is 17.5. The molecule has 3 heterocycles. The van der Waals surface area contributed by atoms with E-state index in [4.69, 9.17) is 16.0 Å². The Morgan fingerprint density at radius 2 is 1.94 bits per heavy atom. The highest BCUT2D eigenvalue weighted by atomic mass is 35.5. The van der Waals surface area contributed by atoms with Crippen LogP contribution < -0.4 is 0 Å². The molecule has 1 aromatic carbocycles. The first kappa shape index (κ1) is 21.2. The van der Waals surface area contributed by atoms with Crippen LogP contribution in [0.1, 0.15) is 24.3 Å². The highest BCUT2D eigenvalue weighted by Crippen LogP contribution is 2.26. The molecule has 0 spiro atoms. The number of aromatic nitrogens is 2. The van der Waals surface area contributed by atoms with E-state index in [9.17, 15) is 10.1 Å². The zero-order chi connectivity index (χ0) is 22.0. The monoisotopic (exact) mass is 437 g/mol. The quantitative estimate of drug-likeness (QED) is 0.600. The molecule has 1 atom stereocenters. The van der Waals surface area contributed by atoms with Crippen molar-refractivity contribution in [2.24, 2.45) is 5.92 Å². The first-order chi connectivity index (χ1) is 15.0. The van der Waals surface area contributed by atoms with E-state index in [-0.39, 0.29) is 17.9 Å². The third-order valence-electron chi connectivity index (χ3n) is 5.51. The molecule has 0 N–H and O–H groups in total. The number of nitriles is 1. The number of rotatable bonds is 5. The van der Waals surface area contributed by atoms with Crippen LogP contribution in [0.15, 0.2) is 53.1 Å². The number of amides is 1. The van der Waals surface area contributed by atoms with Crippen LogP contribution in [-0.4, -0.2) is 57.7 Å². The number of piperazine rings is 1. The Hall–Kier alpha value is -3.08. The van der Waals surface area contributed by atoms with Gasteiger partial charge in [-0.3, -0.25) is 9.69 Å². The van der Waals surface area contributed by atoms with Crippen LogP contribution in [0.2, 0.25) is 5.02 Å². The number of hydrogen-bond donors (Lipinski definition) is 0. The van der Waals surface area contributed by atoms with Gasteiger partial charge in [0.1, 0.15) is 11.7 Å². The minimum Gasteiger partial charge on any atom is -0.463 e. The van der Waals surface area contributed by atoms with Gasteiger partial charge in [-0.15, -0.1) is 0 Å². The predicted molar refractivity (Wildman–Crippen MR) is 118 cm³/mol. The zero-order valence-corrected chi connectivity index (χ0v) is 18.3. The van der Waals surface area contributed by atoms with Gasteiger partial charge in [0.05, 0.1) is 18.0 Å². The highest BCUT2D eigenvalue weighted by Gasteiger charge is 2.29. The predicted octanol–water partition coefficient (Wildman–Crippen LogP) is 4.09. The first-order valence-corrected chi connectivity index (χ1v) is 10.7. The topological polar surface area (TPSA) is 78.3 Å². The molecule has 1 aliphatic heterocycles. The molecule has 1 unspecified atom stereocenters. The van der Waals surface area contributed by atoms with Crippen LogP contribution in [0.4, 0.5) is 0 Å². The van der Waals surface area contributed by atoms with Gasteiger partial charge in [0.15, 0.2) is 11.5 Å². The molecule has 0 bridgehead atoms. The Morgan fingerprint density at radius 1 is 1.16 bits per heavy atom. The summed E-state index contributed by atoms with van der Waals surface area (Å²) in [4.78, 5) is 17.2. The lowest BCUT2D eigenvalue weighted by Gasteiger charge is -2.37. The number of carbonyl (C=O) groups excluding carboxylic acids is 1.